The lowest BCUT2D eigenvalue weighted by Gasteiger charge is -2.27. The van der Waals surface area contributed by atoms with Gasteiger partial charge in [0.15, 0.2) is 0 Å². The molecule has 2 aliphatic rings. The zero-order chi connectivity index (χ0) is 25.6. The average molecular weight is 487 g/mol. The number of aromatic carboxylic acids is 1. The predicted octanol–water partition coefficient (Wildman–Crippen LogP) is 4.21. The molecule has 3 aromatic rings. The zero-order valence-electron chi connectivity index (χ0n) is 20.7. The van der Waals surface area contributed by atoms with Gasteiger partial charge in [-0.1, -0.05) is 18.2 Å². The van der Waals surface area contributed by atoms with Crippen molar-refractivity contribution >= 4 is 28.8 Å². The van der Waals surface area contributed by atoms with Crippen LogP contribution in [0.3, 0.4) is 0 Å². The Kier molecular flexibility index (Phi) is 6.12. The van der Waals surface area contributed by atoms with Crippen LogP contribution < -0.4 is 10.9 Å². The van der Waals surface area contributed by atoms with Crippen LogP contribution in [0.15, 0.2) is 47.4 Å². The molecular weight excluding hydrogens is 456 g/mol. The summed E-state index contributed by atoms with van der Waals surface area (Å²) in [6.07, 6.45) is 6.43. The Hall–Kier alpha value is -3.94. The van der Waals surface area contributed by atoms with Crippen LogP contribution in [0.5, 0.6) is 0 Å². The van der Waals surface area contributed by atoms with E-state index in [2.05, 4.69) is 5.32 Å². The molecule has 1 amide bonds. The molecule has 0 bridgehead atoms. The topological polar surface area (TPSA) is 104 Å². The van der Waals surface area contributed by atoms with Crippen molar-refractivity contribution < 1.29 is 14.7 Å². The van der Waals surface area contributed by atoms with E-state index in [9.17, 15) is 19.5 Å². The van der Waals surface area contributed by atoms with Crippen molar-refractivity contribution in [3.8, 4) is 0 Å². The van der Waals surface area contributed by atoms with Crippen LogP contribution in [0.2, 0.25) is 0 Å². The molecule has 2 aromatic heterocycles. The summed E-state index contributed by atoms with van der Waals surface area (Å²) in [5, 5.41) is 12.9. The first-order valence-corrected chi connectivity index (χ1v) is 12.3. The molecule has 5 rings (SSSR count). The van der Waals surface area contributed by atoms with E-state index >= 15 is 0 Å². The van der Waals surface area contributed by atoms with Gasteiger partial charge in [-0.15, -0.1) is 0 Å². The number of carboxylic acids is 1. The largest absolute Gasteiger partial charge is 0.478 e. The van der Waals surface area contributed by atoms with Gasteiger partial charge in [-0.25, -0.2) is 9.78 Å². The van der Waals surface area contributed by atoms with Gasteiger partial charge in [0.2, 0.25) is 5.91 Å². The van der Waals surface area contributed by atoms with Crippen molar-refractivity contribution in [2.45, 2.75) is 46.1 Å². The molecule has 36 heavy (non-hydrogen) atoms. The number of hydrogen-bond acceptors (Lipinski definition) is 5. The first-order chi connectivity index (χ1) is 17.2. The normalized spacial score (nSPS) is 16.5. The maximum absolute atomic E-state index is 13.4. The summed E-state index contributed by atoms with van der Waals surface area (Å²) in [5.41, 5.74) is 5.02. The summed E-state index contributed by atoms with van der Waals surface area (Å²) in [6.45, 7) is 6.82. The molecule has 0 radical (unpaired) electrons. The quantitative estimate of drug-likeness (QED) is 0.541. The first kappa shape index (κ1) is 23.8. The molecule has 1 saturated carbocycles. The van der Waals surface area contributed by atoms with E-state index in [0.717, 1.165) is 29.5 Å². The number of rotatable bonds is 6. The summed E-state index contributed by atoms with van der Waals surface area (Å²) in [5.74, 6) is -0.589. The molecule has 1 atom stereocenters. The number of aryl methyl sites for hydroxylation is 1. The fourth-order valence-corrected chi connectivity index (χ4v) is 4.91. The Morgan fingerprint density at radius 2 is 1.94 bits per heavy atom. The highest BCUT2D eigenvalue weighted by Crippen LogP contribution is 2.33. The molecule has 1 fully saturated rings. The standard InChI is InChI=1S/C28H30N4O4/c1-16-14-22(18(3)29-23-7-5-4-6-21(23)28(35)36)25-30-24(17(2)26(33)32(25)15-16)19-10-12-31(13-11-19)27(34)20-8-9-20/h4-7,10,14-15,18,20,29H,8-9,11-13H2,1-3H3,(H,35,36)/t18-/m1/s1. The lowest BCUT2D eigenvalue weighted by atomic mass is 10.00. The number of nitrogens with zero attached hydrogens (tertiary/aromatic N) is 3. The van der Waals surface area contributed by atoms with Crippen molar-refractivity contribution in [2.24, 2.45) is 5.92 Å². The molecule has 8 heteroatoms. The van der Waals surface area contributed by atoms with Crippen LogP contribution in [0.4, 0.5) is 5.69 Å². The highest BCUT2D eigenvalue weighted by molar-refractivity contribution is 5.94. The van der Waals surface area contributed by atoms with Gasteiger partial charge in [-0.2, -0.15) is 0 Å². The number of carboxylic acid groups (broad SMARTS) is 1. The molecule has 3 heterocycles. The summed E-state index contributed by atoms with van der Waals surface area (Å²) in [6, 6.07) is 8.43. The maximum atomic E-state index is 13.4. The number of fused-ring (bicyclic) bond motifs is 1. The van der Waals surface area contributed by atoms with E-state index < -0.39 is 5.97 Å². The van der Waals surface area contributed by atoms with Crippen molar-refractivity contribution in [1.29, 1.82) is 0 Å². The van der Waals surface area contributed by atoms with E-state index in [1.807, 2.05) is 30.9 Å². The minimum absolute atomic E-state index is 0.129. The fraction of sp³-hybridized carbons (Fsp3) is 0.357. The zero-order valence-corrected chi connectivity index (χ0v) is 20.7. The van der Waals surface area contributed by atoms with E-state index in [1.165, 1.54) is 0 Å². The van der Waals surface area contributed by atoms with E-state index in [-0.39, 0.29) is 29.0 Å². The molecule has 0 spiro atoms. The van der Waals surface area contributed by atoms with Crippen molar-refractivity contribution in [3.05, 3.63) is 80.9 Å². The Labute approximate surface area is 209 Å². The van der Waals surface area contributed by atoms with Crippen molar-refractivity contribution in [1.82, 2.24) is 14.3 Å². The third-order valence-corrected chi connectivity index (χ3v) is 7.06. The van der Waals surface area contributed by atoms with Crippen molar-refractivity contribution in [2.75, 3.05) is 18.4 Å². The Morgan fingerprint density at radius 3 is 2.61 bits per heavy atom. The third kappa shape index (κ3) is 4.39. The van der Waals surface area contributed by atoms with Gasteiger partial charge >= 0.3 is 5.97 Å². The minimum Gasteiger partial charge on any atom is -0.478 e. The van der Waals surface area contributed by atoms with E-state index in [1.54, 1.807) is 41.8 Å². The summed E-state index contributed by atoms with van der Waals surface area (Å²) < 4.78 is 1.58. The molecule has 8 nitrogen and oxygen atoms in total. The number of pyridine rings is 1. The summed E-state index contributed by atoms with van der Waals surface area (Å²) >= 11 is 0. The predicted molar refractivity (Wildman–Crippen MR) is 138 cm³/mol. The number of nitrogens with one attached hydrogen (secondary N) is 1. The highest BCUT2D eigenvalue weighted by Gasteiger charge is 2.34. The molecule has 2 N–H and O–H groups in total. The molecular formula is C28H30N4O4. The van der Waals surface area contributed by atoms with Crippen LogP contribution in [-0.4, -0.2) is 44.4 Å². The van der Waals surface area contributed by atoms with E-state index in [0.29, 0.717) is 42.1 Å². The minimum atomic E-state index is -1.01. The maximum Gasteiger partial charge on any atom is 0.337 e. The first-order valence-electron chi connectivity index (χ1n) is 12.3. The van der Waals surface area contributed by atoms with Crippen LogP contribution in [0, 0.1) is 19.8 Å². The van der Waals surface area contributed by atoms with Gasteiger partial charge < -0.3 is 15.3 Å². The molecule has 0 saturated heterocycles. The number of benzene rings is 1. The van der Waals surface area contributed by atoms with Crippen LogP contribution >= 0.6 is 0 Å². The van der Waals surface area contributed by atoms with Gasteiger partial charge in [0.25, 0.3) is 5.56 Å². The number of carbonyl (C=O) groups is 2. The van der Waals surface area contributed by atoms with Crippen LogP contribution in [0.25, 0.3) is 11.2 Å². The molecule has 0 unspecified atom stereocenters. The van der Waals surface area contributed by atoms with Crippen LogP contribution in [0.1, 0.15) is 65.0 Å². The summed E-state index contributed by atoms with van der Waals surface area (Å²) in [7, 11) is 0. The average Bonchev–Trinajstić information content (AvgIpc) is 3.71. The number of anilines is 1. The second kappa shape index (κ2) is 9.26. The SMILES string of the molecule is Cc1cc([C@@H](C)Nc2ccccc2C(=O)O)c2nc(C3=CCN(C(=O)C4CC4)CC3)c(C)c(=O)n2c1. The smallest absolute Gasteiger partial charge is 0.337 e. The molecule has 186 valence electrons. The number of para-hydroxylation sites is 1. The van der Waals surface area contributed by atoms with Crippen LogP contribution in [-0.2, 0) is 4.79 Å². The van der Waals surface area contributed by atoms with E-state index in [4.69, 9.17) is 4.98 Å². The molecule has 1 aromatic carbocycles. The third-order valence-electron chi connectivity index (χ3n) is 7.06. The molecule has 1 aliphatic heterocycles. The van der Waals surface area contributed by atoms with Gasteiger partial charge in [0, 0.05) is 42.0 Å². The van der Waals surface area contributed by atoms with Gasteiger partial charge in [0.05, 0.1) is 17.3 Å². The van der Waals surface area contributed by atoms with Gasteiger partial charge in [-0.3, -0.25) is 14.0 Å². The lowest BCUT2D eigenvalue weighted by Crippen LogP contribution is -2.36. The number of amides is 1. The number of hydrogen-bond donors (Lipinski definition) is 2. The number of carbonyl (C=O) groups excluding carboxylic acids is 1. The monoisotopic (exact) mass is 486 g/mol. The highest BCUT2D eigenvalue weighted by atomic mass is 16.4. The van der Waals surface area contributed by atoms with Crippen molar-refractivity contribution in [3.63, 3.8) is 0 Å². The second-order valence-corrected chi connectivity index (χ2v) is 9.81. The second-order valence-electron chi connectivity index (χ2n) is 9.81. The number of aromatic nitrogens is 2. The Morgan fingerprint density at radius 1 is 1.19 bits per heavy atom. The Bertz CT molecular complexity index is 1470. The summed E-state index contributed by atoms with van der Waals surface area (Å²) in [4.78, 5) is 44.4. The van der Waals surface area contributed by atoms with Gasteiger partial charge in [-0.05, 0) is 69.4 Å². The Balaban J connectivity index is 1.54. The molecule has 1 aliphatic carbocycles. The fourth-order valence-electron chi connectivity index (χ4n) is 4.91. The van der Waals surface area contributed by atoms with Gasteiger partial charge in [0.1, 0.15) is 5.65 Å². The lowest BCUT2D eigenvalue weighted by molar-refractivity contribution is -0.132.